The molecule has 0 aliphatic carbocycles. The molecule has 0 saturated carbocycles. The maximum absolute atomic E-state index is 12.9. The summed E-state index contributed by atoms with van der Waals surface area (Å²) in [6, 6.07) is 21.4. The van der Waals surface area contributed by atoms with E-state index in [9.17, 15) is 13.2 Å². The number of aromatic amines is 1. The van der Waals surface area contributed by atoms with Crippen LogP contribution in [-0.2, 0) is 14.8 Å². The van der Waals surface area contributed by atoms with Crippen molar-refractivity contribution in [3.63, 3.8) is 0 Å². The topological polar surface area (TPSA) is 118 Å². The summed E-state index contributed by atoms with van der Waals surface area (Å²) in [6.07, 6.45) is 0.676. The van der Waals surface area contributed by atoms with Crippen LogP contribution in [0.25, 0.3) is 22.2 Å². The maximum atomic E-state index is 12.9. The zero-order valence-corrected chi connectivity index (χ0v) is 17.7. The molecular formula is C23H22N4O3S. The molecule has 1 atom stereocenters. The number of sulfonamides is 1. The minimum atomic E-state index is -3.83. The van der Waals surface area contributed by atoms with Crippen LogP contribution in [0, 0.1) is 0 Å². The molecule has 7 nitrogen and oxygen atoms in total. The van der Waals surface area contributed by atoms with Crippen molar-refractivity contribution in [1.29, 1.82) is 0 Å². The van der Waals surface area contributed by atoms with Gasteiger partial charge >= 0.3 is 0 Å². The monoisotopic (exact) mass is 434 g/mol. The van der Waals surface area contributed by atoms with E-state index in [0.29, 0.717) is 23.4 Å². The Labute approximate surface area is 180 Å². The summed E-state index contributed by atoms with van der Waals surface area (Å²) >= 11 is 0. The minimum absolute atomic E-state index is 0.0132. The molecule has 8 heteroatoms. The second kappa shape index (κ2) is 8.33. The summed E-state index contributed by atoms with van der Waals surface area (Å²) in [7, 11) is -3.83. The third-order valence-electron chi connectivity index (χ3n) is 5.19. The minimum Gasteiger partial charge on any atom is -0.326 e. The number of aromatic nitrogens is 2. The van der Waals surface area contributed by atoms with Gasteiger partial charge in [0.2, 0.25) is 15.9 Å². The zero-order chi connectivity index (χ0) is 22.0. The number of nitrogens with two attached hydrogens (primary N) is 1. The largest absolute Gasteiger partial charge is 0.326 e. The van der Waals surface area contributed by atoms with Gasteiger partial charge in [-0.05, 0) is 42.3 Å². The summed E-state index contributed by atoms with van der Waals surface area (Å²) < 4.78 is 23.4. The van der Waals surface area contributed by atoms with Crippen LogP contribution in [0.2, 0.25) is 0 Å². The number of hydrogen-bond acceptors (Lipinski definition) is 4. The Kier molecular flexibility index (Phi) is 5.58. The molecule has 0 aliphatic heterocycles. The van der Waals surface area contributed by atoms with Gasteiger partial charge in [-0.3, -0.25) is 9.89 Å². The van der Waals surface area contributed by atoms with E-state index in [0.717, 1.165) is 16.5 Å². The number of rotatable bonds is 6. The highest BCUT2D eigenvalue weighted by Gasteiger charge is 2.19. The predicted octanol–water partition coefficient (Wildman–Crippen LogP) is 4.01. The Bertz CT molecular complexity index is 1350. The first-order chi connectivity index (χ1) is 14.9. The molecule has 1 aromatic heterocycles. The van der Waals surface area contributed by atoms with Crippen LogP contribution in [-0.4, -0.2) is 24.5 Å². The third-order valence-corrected chi connectivity index (χ3v) is 6.10. The fourth-order valence-corrected chi connectivity index (χ4v) is 4.18. The van der Waals surface area contributed by atoms with Crippen molar-refractivity contribution < 1.29 is 13.2 Å². The van der Waals surface area contributed by atoms with E-state index in [4.69, 9.17) is 5.14 Å². The van der Waals surface area contributed by atoms with Crippen molar-refractivity contribution in [3.8, 4) is 11.3 Å². The number of anilines is 1. The lowest BCUT2D eigenvalue weighted by Gasteiger charge is -2.15. The molecule has 0 fully saturated rings. The van der Waals surface area contributed by atoms with E-state index in [1.807, 2.05) is 49.4 Å². The molecular weight excluding hydrogens is 412 g/mol. The van der Waals surface area contributed by atoms with Crippen LogP contribution in [0.4, 0.5) is 5.69 Å². The Hall–Kier alpha value is -3.49. The van der Waals surface area contributed by atoms with Crippen molar-refractivity contribution in [3.05, 3.63) is 78.4 Å². The van der Waals surface area contributed by atoms with Crippen LogP contribution in [0.3, 0.4) is 0 Å². The second-order valence-electron chi connectivity index (χ2n) is 7.27. The molecule has 0 radical (unpaired) electrons. The Morgan fingerprint density at radius 2 is 1.84 bits per heavy atom. The van der Waals surface area contributed by atoms with Crippen molar-refractivity contribution in [2.24, 2.45) is 5.14 Å². The Morgan fingerprint density at radius 1 is 1.06 bits per heavy atom. The molecule has 0 bridgehead atoms. The standard InChI is InChI=1S/C23H22N4O3S/c1-2-19(15-7-4-3-5-8-15)23(28)25-17-11-12-21-20(14-17)22(27-26-21)16-9-6-10-18(13-16)31(24,29)30/h3-14,19H,2H2,1H3,(H,25,28)(H,26,27)(H2,24,29,30). The first-order valence-corrected chi connectivity index (χ1v) is 11.4. The first-order valence-electron chi connectivity index (χ1n) is 9.84. The summed E-state index contributed by atoms with van der Waals surface area (Å²) in [6.45, 7) is 1.98. The van der Waals surface area contributed by atoms with E-state index >= 15 is 0 Å². The van der Waals surface area contributed by atoms with Gasteiger partial charge in [0, 0.05) is 16.6 Å². The number of amides is 1. The van der Waals surface area contributed by atoms with Crippen LogP contribution in [0.15, 0.2) is 77.7 Å². The SMILES string of the molecule is CCC(C(=O)Nc1ccc2[nH]nc(-c3cccc(S(N)(=O)=O)c3)c2c1)c1ccccc1. The average molecular weight is 435 g/mol. The average Bonchev–Trinajstić information content (AvgIpc) is 3.18. The highest BCUT2D eigenvalue weighted by molar-refractivity contribution is 7.89. The van der Waals surface area contributed by atoms with Gasteiger partial charge in [0.05, 0.1) is 16.3 Å². The van der Waals surface area contributed by atoms with Gasteiger partial charge in [-0.15, -0.1) is 0 Å². The predicted molar refractivity (Wildman–Crippen MR) is 121 cm³/mol. The molecule has 31 heavy (non-hydrogen) atoms. The zero-order valence-electron chi connectivity index (χ0n) is 16.9. The molecule has 1 heterocycles. The molecule has 0 saturated heterocycles. The van der Waals surface area contributed by atoms with Gasteiger partial charge in [-0.2, -0.15) is 5.10 Å². The number of hydrogen-bond donors (Lipinski definition) is 3. The lowest BCUT2D eigenvalue weighted by atomic mass is 9.95. The molecule has 1 amide bonds. The second-order valence-corrected chi connectivity index (χ2v) is 8.83. The van der Waals surface area contributed by atoms with Crippen molar-refractivity contribution >= 4 is 32.5 Å². The van der Waals surface area contributed by atoms with Gasteiger partial charge in [0.25, 0.3) is 0 Å². The van der Waals surface area contributed by atoms with Gasteiger partial charge in [0.1, 0.15) is 5.69 Å². The molecule has 158 valence electrons. The van der Waals surface area contributed by atoms with Crippen LogP contribution in [0.1, 0.15) is 24.8 Å². The van der Waals surface area contributed by atoms with E-state index in [1.165, 1.54) is 12.1 Å². The molecule has 0 spiro atoms. The van der Waals surface area contributed by atoms with Gasteiger partial charge in [-0.25, -0.2) is 13.6 Å². The molecule has 4 N–H and O–H groups in total. The van der Waals surface area contributed by atoms with Gasteiger partial charge in [0.15, 0.2) is 0 Å². The molecule has 4 aromatic rings. The Balaban J connectivity index is 1.67. The molecule has 3 aromatic carbocycles. The molecule has 1 unspecified atom stereocenters. The quantitative estimate of drug-likeness (QED) is 0.425. The number of carbonyl (C=O) groups is 1. The number of carbonyl (C=O) groups excluding carboxylic acids is 1. The summed E-state index contributed by atoms with van der Waals surface area (Å²) in [4.78, 5) is 12.9. The van der Waals surface area contributed by atoms with Gasteiger partial charge < -0.3 is 5.32 Å². The number of benzene rings is 3. The highest BCUT2D eigenvalue weighted by atomic mass is 32.2. The lowest BCUT2D eigenvalue weighted by Crippen LogP contribution is -2.20. The van der Waals surface area contributed by atoms with Crippen LogP contribution < -0.4 is 10.5 Å². The van der Waals surface area contributed by atoms with Crippen molar-refractivity contribution in [2.75, 3.05) is 5.32 Å². The summed E-state index contributed by atoms with van der Waals surface area (Å²) in [5.41, 5.74) is 3.55. The number of fused-ring (bicyclic) bond motifs is 1. The van der Waals surface area contributed by atoms with E-state index in [1.54, 1.807) is 18.2 Å². The van der Waals surface area contributed by atoms with E-state index in [2.05, 4.69) is 15.5 Å². The summed E-state index contributed by atoms with van der Waals surface area (Å²) in [5.74, 6) is -0.346. The van der Waals surface area contributed by atoms with E-state index < -0.39 is 10.0 Å². The summed E-state index contributed by atoms with van der Waals surface area (Å²) in [5, 5.41) is 16.3. The van der Waals surface area contributed by atoms with E-state index in [-0.39, 0.29) is 16.7 Å². The lowest BCUT2D eigenvalue weighted by molar-refractivity contribution is -0.117. The highest BCUT2D eigenvalue weighted by Crippen LogP contribution is 2.30. The number of nitrogens with one attached hydrogen (secondary N) is 2. The molecule has 0 aliphatic rings. The number of primary sulfonamides is 1. The van der Waals surface area contributed by atoms with Gasteiger partial charge in [-0.1, -0.05) is 49.4 Å². The van der Waals surface area contributed by atoms with Crippen LogP contribution >= 0.6 is 0 Å². The number of H-pyrrole nitrogens is 1. The Morgan fingerprint density at radius 3 is 2.55 bits per heavy atom. The van der Waals surface area contributed by atoms with Crippen molar-refractivity contribution in [2.45, 2.75) is 24.2 Å². The molecule has 4 rings (SSSR count). The van der Waals surface area contributed by atoms with Crippen molar-refractivity contribution in [1.82, 2.24) is 10.2 Å². The maximum Gasteiger partial charge on any atom is 0.238 e. The van der Waals surface area contributed by atoms with Crippen LogP contribution in [0.5, 0.6) is 0 Å². The fraction of sp³-hybridized carbons (Fsp3) is 0.130. The number of nitrogens with zero attached hydrogens (tertiary/aromatic N) is 1. The normalized spacial score (nSPS) is 12.6. The third kappa shape index (κ3) is 4.35. The fourth-order valence-electron chi connectivity index (χ4n) is 3.62. The smallest absolute Gasteiger partial charge is 0.238 e. The first kappa shape index (κ1) is 20.8.